The van der Waals surface area contributed by atoms with E-state index in [1.54, 1.807) is 4.57 Å². The van der Waals surface area contributed by atoms with E-state index in [0.29, 0.717) is 23.7 Å². The van der Waals surface area contributed by atoms with Crippen LogP contribution in [0.3, 0.4) is 0 Å². The number of aromatic hydroxyl groups is 1. The number of nitrogen functional groups attached to an aromatic ring is 1. The molecule has 0 saturated heterocycles. The van der Waals surface area contributed by atoms with Gasteiger partial charge in [0.25, 0.3) is 6.01 Å². The van der Waals surface area contributed by atoms with E-state index in [1.807, 2.05) is 0 Å². The molecule has 2 aromatic rings. The first-order chi connectivity index (χ1) is 11.8. The van der Waals surface area contributed by atoms with Crippen molar-refractivity contribution in [1.29, 1.82) is 0 Å². The Hall–Kier alpha value is -2.09. The Balaban J connectivity index is 2.06. The molecule has 0 amide bonds. The average molecular weight is 349 g/mol. The number of unbranched alkanes of at least 4 members (excludes halogenated alkanes) is 2. The number of imidazole rings is 1. The largest absolute Gasteiger partial charge is 0.480 e. The lowest BCUT2D eigenvalue weighted by Gasteiger charge is -2.20. The highest BCUT2D eigenvalue weighted by Crippen LogP contribution is 2.24. The van der Waals surface area contributed by atoms with Crippen LogP contribution in [-0.4, -0.2) is 43.3 Å². The maximum Gasteiger partial charge on any atom is 0.296 e. The van der Waals surface area contributed by atoms with E-state index in [-0.39, 0.29) is 17.4 Å². The molecule has 8 heteroatoms. The fourth-order valence-corrected chi connectivity index (χ4v) is 2.53. The Morgan fingerprint density at radius 2 is 1.84 bits per heavy atom. The molecule has 0 fully saturated rings. The van der Waals surface area contributed by atoms with E-state index in [9.17, 15) is 5.11 Å². The molecule has 2 rings (SSSR count). The molecule has 2 aromatic heterocycles. The second-order valence-electron chi connectivity index (χ2n) is 7.33. The molecule has 0 unspecified atom stereocenters. The van der Waals surface area contributed by atoms with Crippen LogP contribution >= 0.6 is 0 Å². The topological polar surface area (TPSA) is 114 Å². The number of hydrogen-bond acceptors (Lipinski definition) is 7. The third-order valence-electron chi connectivity index (χ3n) is 3.88. The first-order valence-corrected chi connectivity index (χ1v) is 9.03. The van der Waals surface area contributed by atoms with Gasteiger partial charge in [-0.05, 0) is 46.6 Å². The van der Waals surface area contributed by atoms with Crippen molar-refractivity contribution in [2.24, 2.45) is 0 Å². The molecule has 0 aromatic carbocycles. The van der Waals surface area contributed by atoms with Gasteiger partial charge in [-0.2, -0.15) is 15.0 Å². The lowest BCUT2D eigenvalue weighted by Crippen LogP contribution is -2.36. The van der Waals surface area contributed by atoms with Gasteiger partial charge in [-0.25, -0.2) is 0 Å². The minimum Gasteiger partial charge on any atom is -0.480 e. The Bertz CT molecular complexity index is 690. The number of hydrogen-bond donors (Lipinski definition) is 4. The van der Waals surface area contributed by atoms with E-state index in [1.165, 1.54) is 0 Å². The van der Waals surface area contributed by atoms with E-state index in [4.69, 9.17) is 5.73 Å². The summed E-state index contributed by atoms with van der Waals surface area (Å²) in [6.07, 6.45) is 4.03. The van der Waals surface area contributed by atoms with E-state index < -0.39 is 0 Å². The van der Waals surface area contributed by atoms with Gasteiger partial charge in [0.05, 0.1) is 0 Å². The SMILES string of the molecule is CCCCNc1nc(N)c2nc(O)n(CCCCNC(C)(C)C)c2n1. The van der Waals surface area contributed by atoms with Gasteiger partial charge in [-0.1, -0.05) is 13.3 Å². The number of nitrogens with two attached hydrogens (primary N) is 1. The summed E-state index contributed by atoms with van der Waals surface area (Å²) in [4.78, 5) is 12.8. The van der Waals surface area contributed by atoms with Crippen molar-refractivity contribution in [3.63, 3.8) is 0 Å². The summed E-state index contributed by atoms with van der Waals surface area (Å²) in [5.41, 5.74) is 7.12. The van der Waals surface area contributed by atoms with Gasteiger partial charge < -0.3 is 21.5 Å². The molecule has 140 valence electrons. The standard InChI is InChI=1S/C17H31N7O/c1-5-6-9-19-15-22-13(18)12-14(23-15)24(16(25)21-12)11-8-7-10-20-17(2,3)4/h20H,5-11H2,1-4H3,(H,21,25)(H3,18,19,22,23). The van der Waals surface area contributed by atoms with E-state index >= 15 is 0 Å². The first-order valence-electron chi connectivity index (χ1n) is 9.03. The molecule has 0 radical (unpaired) electrons. The fraction of sp³-hybridized carbons (Fsp3) is 0.706. The smallest absolute Gasteiger partial charge is 0.296 e. The molecule has 0 aliphatic rings. The van der Waals surface area contributed by atoms with Gasteiger partial charge >= 0.3 is 0 Å². The van der Waals surface area contributed by atoms with Gasteiger partial charge in [-0.15, -0.1) is 0 Å². The van der Waals surface area contributed by atoms with Crippen molar-refractivity contribution in [1.82, 2.24) is 24.8 Å². The van der Waals surface area contributed by atoms with Crippen molar-refractivity contribution in [2.75, 3.05) is 24.1 Å². The second-order valence-corrected chi connectivity index (χ2v) is 7.33. The molecular formula is C17H31N7O. The number of nitrogens with zero attached hydrogens (tertiary/aromatic N) is 4. The molecule has 0 spiro atoms. The zero-order chi connectivity index (χ0) is 18.4. The summed E-state index contributed by atoms with van der Waals surface area (Å²) >= 11 is 0. The minimum atomic E-state index is -0.0644. The van der Waals surface area contributed by atoms with Crippen LogP contribution in [0.25, 0.3) is 11.2 Å². The van der Waals surface area contributed by atoms with Crippen molar-refractivity contribution in [2.45, 2.75) is 65.5 Å². The molecular weight excluding hydrogens is 318 g/mol. The van der Waals surface area contributed by atoms with Crippen LogP contribution in [0, 0.1) is 0 Å². The summed E-state index contributed by atoms with van der Waals surface area (Å²) in [5, 5.41) is 16.8. The molecule has 0 atom stereocenters. The Morgan fingerprint density at radius 3 is 2.52 bits per heavy atom. The number of aryl methyl sites for hydroxylation is 1. The zero-order valence-electron chi connectivity index (χ0n) is 15.8. The number of aromatic nitrogens is 4. The number of fused-ring (bicyclic) bond motifs is 1. The van der Waals surface area contributed by atoms with Gasteiger partial charge in [0.2, 0.25) is 5.95 Å². The monoisotopic (exact) mass is 349 g/mol. The average Bonchev–Trinajstić information content (AvgIpc) is 2.83. The molecule has 0 aliphatic heterocycles. The summed E-state index contributed by atoms with van der Waals surface area (Å²) in [6.45, 7) is 10.9. The van der Waals surface area contributed by atoms with Crippen LogP contribution in [0.4, 0.5) is 11.8 Å². The highest BCUT2D eigenvalue weighted by Gasteiger charge is 2.16. The molecule has 8 nitrogen and oxygen atoms in total. The fourth-order valence-electron chi connectivity index (χ4n) is 2.53. The lowest BCUT2D eigenvalue weighted by atomic mass is 10.1. The van der Waals surface area contributed by atoms with Crippen molar-refractivity contribution >= 4 is 22.9 Å². The highest BCUT2D eigenvalue weighted by molar-refractivity contribution is 5.84. The van der Waals surface area contributed by atoms with Crippen LogP contribution in [0.15, 0.2) is 0 Å². The summed E-state index contributed by atoms with van der Waals surface area (Å²) in [6, 6.07) is -0.0644. The Labute approximate surface area is 149 Å². The van der Waals surface area contributed by atoms with Gasteiger partial charge in [0.15, 0.2) is 17.0 Å². The lowest BCUT2D eigenvalue weighted by molar-refractivity contribution is 0.387. The highest BCUT2D eigenvalue weighted by atomic mass is 16.3. The maximum atomic E-state index is 10.1. The van der Waals surface area contributed by atoms with Crippen LogP contribution < -0.4 is 16.4 Å². The maximum absolute atomic E-state index is 10.1. The van der Waals surface area contributed by atoms with Crippen molar-refractivity contribution in [3.8, 4) is 6.01 Å². The van der Waals surface area contributed by atoms with E-state index in [2.05, 4.69) is 53.3 Å². The van der Waals surface area contributed by atoms with Crippen LogP contribution in [0.1, 0.15) is 53.4 Å². The van der Waals surface area contributed by atoms with Crippen molar-refractivity contribution in [3.05, 3.63) is 0 Å². The molecule has 0 saturated carbocycles. The molecule has 0 aliphatic carbocycles. The number of nitrogens with one attached hydrogen (secondary N) is 2. The predicted octanol–water partition coefficient (Wildman–Crippen LogP) is 2.49. The third-order valence-corrected chi connectivity index (χ3v) is 3.88. The minimum absolute atomic E-state index is 0.0644. The molecule has 25 heavy (non-hydrogen) atoms. The quantitative estimate of drug-likeness (QED) is 0.514. The molecule has 2 heterocycles. The van der Waals surface area contributed by atoms with Crippen LogP contribution in [0.2, 0.25) is 0 Å². The van der Waals surface area contributed by atoms with Gasteiger partial charge in [-0.3, -0.25) is 4.57 Å². The molecule has 0 bridgehead atoms. The second kappa shape index (κ2) is 8.33. The van der Waals surface area contributed by atoms with Crippen LogP contribution in [-0.2, 0) is 6.54 Å². The Kier molecular flexibility index (Phi) is 6.41. The third kappa shape index (κ3) is 5.45. The first kappa shape index (κ1) is 19.2. The van der Waals surface area contributed by atoms with E-state index in [0.717, 1.165) is 38.8 Å². The van der Waals surface area contributed by atoms with Gasteiger partial charge in [0, 0.05) is 18.6 Å². The zero-order valence-corrected chi connectivity index (χ0v) is 15.8. The summed E-state index contributed by atoms with van der Waals surface area (Å²) < 4.78 is 1.70. The Morgan fingerprint density at radius 1 is 1.08 bits per heavy atom. The normalized spacial score (nSPS) is 12.0. The van der Waals surface area contributed by atoms with Crippen molar-refractivity contribution < 1.29 is 5.11 Å². The molecule has 5 N–H and O–H groups in total. The summed E-state index contributed by atoms with van der Waals surface area (Å²) in [7, 11) is 0. The number of anilines is 2. The van der Waals surface area contributed by atoms with Gasteiger partial charge in [0.1, 0.15) is 0 Å². The number of rotatable bonds is 9. The van der Waals surface area contributed by atoms with Crippen LogP contribution in [0.5, 0.6) is 6.01 Å². The summed E-state index contributed by atoms with van der Waals surface area (Å²) in [5.74, 6) is 0.765. The predicted molar refractivity (Wildman–Crippen MR) is 102 cm³/mol.